The molecule has 4 aliphatic carbocycles. The monoisotopic (exact) mass is 438 g/mol. The van der Waals surface area contributed by atoms with E-state index in [-0.39, 0.29) is 30.3 Å². The van der Waals surface area contributed by atoms with E-state index in [0.717, 1.165) is 0 Å². The Morgan fingerprint density at radius 3 is 2.55 bits per heavy atom. The van der Waals surface area contributed by atoms with E-state index in [1.807, 2.05) is 0 Å². The van der Waals surface area contributed by atoms with Gasteiger partial charge < -0.3 is 29.5 Å². The Labute approximate surface area is 182 Å². The number of hydrogen-bond acceptors (Lipinski definition) is 8. The first kappa shape index (κ1) is 21.8. The molecule has 4 bridgehead atoms. The van der Waals surface area contributed by atoms with Crippen LogP contribution in [0.15, 0.2) is 0 Å². The number of methoxy groups -OCH3 is 1. The summed E-state index contributed by atoms with van der Waals surface area (Å²) in [5, 5.41) is 35.1. The molecule has 6 fully saturated rings. The summed E-state index contributed by atoms with van der Waals surface area (Å²) >= 11 is 0. The van der Waals surface area contributed by atoms with Crippen LogP contribution in [-0.2, 0) is 23.8 Å². The standard InChI is InChI=1S/C23H34O8/c1-11(24)31-15-7-8-20(2,3)16-19(27)23(28)22-14(21(15,16)10-30-23)6-5-12(17(22)25)13(9-29-4)18(22)26/h12-17,19,25,27-28H,5-10H2,1-4H3/t12-,13-,14-,15-,16?,17+,19-,21+,22+,23+/m0/s1. The third kappa shape index (κ3) is 2.24. The summed E-state index contributed by atoms with van der Waals surface area (Å²) < 4.78 is 17.1. The molecule has 2 saturated heterocycles. The van der Waals surface area contributed by atoms with Crippen molar-refractivity contribution in [1.29, 1.82) is 0 Å². The number of carbonyl (C=O) groups is 2. The van der Waals surface area contributed by atoms with Crippen molar-refractivity contribution >= 4 is 11.8 Å². The molecule has 2 heterocycles. The Balaban J connectivity index is 1.74. The van der Waals surface area contributed by atoms with Crippen LogP contribution in [0.3, 0.4) is 0 Å². The molecule has 0 radical (unpaired) electrons. The van der Waals surface area contributed by atoms with Gasteiger partial charge in [-0.05, 0) is 42.9 Å². The van der Waals surface area contributed by atoms with E-state index in [4.69, 9.17) is 14.2 Å². The van der Waals surface area contributed by atoms with Gasteiger partial charge in [0, 0.05) is 31.3 Å². The number of carbonyl (C=O) groups excluding carboxylic acids is 2. The Morgan fingerprint density at radius 1 is 1.19 bits per heavy atom. The van der Waals surface area contributed by atoms with E-state index < -0.39 is 58.7 Å². The molecule has 6 rings (SSSR count). The molecule has 0 aromatic carbocycles. The van der Waals surface area contributed by atoms with Gasteiger partial charge in [0.05, 0.1) is 19.3 Å². The molecule has 3 N–H and O–H groups in total. The van der Waals surface area contributed by atoms with Gasteiger partial charge in [-0.25, -0.2) is 0 Å². The second kappa shape index (κ2) is 6.50. The van der Waals surface area contributed by atoms with E-state index in [9.17, 15) is 24.9 Å². The first-order valence-corrected chi connectivity index (χ1v) is 11.4. The molecule has 8 heteroatoms. The lowest BCUT2D eigenvalue weighted by Crippen LogP contribution is -2.85. The maximum absolute atomic E-state index is 13.9. The van der Waals surface area contributed by atoms with Crippen molar-refractivity contribution in [2.75, 3.05) is 20.3 Å². The second-order valence-electron chi connectivity index (χ2n) is 11.2. The lowest BCUT2D eigenvalue weighted by atomic mass is 9.35. The van der Waals surface area contributed by atoms with Gasteiger partial charge in [0.15, 0.2) is 5.78 Å². The first-order valence-electron chi connectivity index (χ1n) is 11.4. The van der Waals surface area contributed by atoms with Gasteiger partial charge in [-0.15, -0.1) is 0 Å². The number of esters is 1. The topological polar surface area (TPSA) is 123 Å². The highest BCUT2D eigenvalue weighted by atomic mass is 16.6. The van der Waals surface area contributed by atoms with E-state index in [2.05, 4.69) is 13.8 Å². The van der Waals surface area contributed by atoms with Crippen LogP contribution in [-0.4, -0.2) is 71.5 Å². The zero-order valence-electron chi connectivity index (χ0n) is 18.7. The molecular weight excluding hydrogens is 404 g/mol. The van der Waals surface area contributed by atoms with E-state index in [1.54, 1.807) is 0 Å². The number of ketones is 1. The minimum absolute atomic E-state index is 0.0820. The maximum atomic E-state index is 13.9. The molecule has 6 aliphatic rings. The molecule has 0 aromatic heterocycles. The number of fused-ring (bicyclic) bond motifs is 2. The molecule has 2 spiro atoms. The van der Waals surface area contributed by atoms with Crippen LogP contribution >= 0.6 is 0 Å². The van der Waals surface area contributed by atoms with Gasteiger partial charge in [-0.2, -0.15) is 0 Å². The molecule has 174 valence electrons. The van der Waals surface area contributed by atoms with Crippen molar-refractivity contribution < 1.29 is 39.1 Å². The predicted molar refractivity (Wildman–Crippen MR) is 106 cm³/mol. The Morgan fingerprint density at radius 2 is 1.90 bits per heavy atom. The Hall–Kier alpha value is -1.06. The highest BCUT2D eigenvalue weighted by molar-refractivity contribution is 5.93. The molecule has 1 unspecified atom stereocenters. The minimum Gasteiger partial charge on any atom is -0.462 e. The van der Waals surface area contributed by atoms with Gasteiger partial charge in [0.25, 0.3) is 0 Å². The molecule has 31 heavy (non-hydrogen) atoms. The van der Waals surface area contributed by atoms with Crippen LogP contribution in [0.5, 0.6) is 0 Å². The molecule has 10 atom stereocenters. The SMILES string of the molecule is COC[C@@H]1C(=O)[C@]23[C@H](O)[C@H]1CC[C@H]2[C@@]12CO[C@]3(O)[C@@H](O)C1C(C)(C)CC[C@@H]2OC(C)=O. The Bertz CT molecular complexity index is 811. The third-order valence-electron chi connectivity index (χ3n) is 9.70. The minimum atomic E-state index is -2.18. The largest absolute Gasteiger partial charge is 0.462 e. The zero-order valence-corrected chi connectivity index (χ0v) is 18.7. The Kier molecular flexibility index (Phi) is 4.57. The van der Waals surface area contributed by atoms with Crippen LogP contribution in [0.1, 0.15) is 46.5 Å². The number of hydrogen-bond donors (Lipinski definition) is 3. The van der Waals surface area contributed by atoms with Gasteiger partial charge in [0.1, 0.15) is 17.6 Å². The first-order chi connectivity index (χ1) is 14.5. The number of aliphatic hydroxyl groups is 3. The number of ether oxygens (including phenoxy) is 3. The summed E-state index contributed by atoms with van der Waals surface area (Å²) in [7, 11) is 1.51. The number of aliphatic hydroxyl groups excluding tert-OH is 2. The highest BCUT2D eigenvalue weighted by Crippen LogP contribution is 2.76. The number of rotatable bonds is 3. The lowest BCUT2D eigenvalue weighted by molar-refractivity contribution is -0.458. The summed E-state index contributed by atoms with van der Waals surface area (Å²) in [6.45, 7) is 5.70. The van der Waals surface area contributed by atoms with Crippen LogP contribution in [0, 0.1) is 39.9 Å². The lowest BCUT2D eigenvalue weighted by Gasteiger charge is -2.74. The fourth-order valence-corrected chi connectivity index (χ4v) is 8.82. The molecule has 2 aliphatic heterocycles. The molecule has 0 amide bonds. The van der Waals surface area contributed by atoms with Crippen LogP contribution < -0.4 is 0 Å². The van der Waals surface area contributed by atoms with Crippen molar-refractivity contribution in [3.63, 3.8) is 0 Å². The average Bonchev–Trinajstić information content (AvgIpc) is 2.81. The second-order valence-corrected chi connectivity index (χ2v) is 11.2. The van der Waals surface area contributed by atoms with Gasteiger partial charge >= 0.3 is 5.97 Å². The molecule has 8 nitrogen and oxygen atoms in total. The molecule has 0 aromatic rings. The normalized spacial score (nSPS) is 54.3. The van der Waals surface area contributed by atoms with Gasteiger partial charge in [0.2, 0.25) is 5.79 Å². The van der Waals surface area contributed by atoms with Crippen molar-refractivity contribution in [1.82, 2.24) is 0 Å². The summed E-state index contributed by atoms with van der Waals surface area (Å²) in [4.78, 5) is 26.0. The predicted octanol–water partition coefficient (Wildman–Crippen LogP) is 0.653. The van der Waals surface area contributed by atoms with Gasteiger partial charge in [-0.1, -0.05) is 13.8 Å². The summed E-state index contributed by atoms with van der Waals surface area (Å²) in [6.07, 6.45) is -0.598. The van der Waals surface area contributed by atoms with Crippen LogP contribution in [0.25, 0.3) is 0 Å². The third-order valence-corrected chi connectivity index (χ3v) is 9.70. The fraction of sp³-hybridized carbons (Fsp3) is 0.913. The zero-order chi connectivity index (χ0) is 22.6. The van der Waals surface area contributed by atoms with Crippen molar-refractivity contribution in [2.24, 2.45) is 39.9 Å². The summed E-state index contributed by atoms with van der Waals surface area (Å²) in [6, 6.07) is 0. The van der Waals surface area contributed by atoms with Crippen molar-refractivity contribution in [3.05, 3.63) is 0 Å². The average molecular weight is 439 g/mol. The van der Waals surface area contributed by atoms with Crippen LogP contribution in [0.4, 0.5) is 0 Å². The summed E-state index contributed by atoms with van der Waals surface area (Å²) in [5.41, 5.74) is -2.88. The molecular formula is C23H34O8. The number of Topliss-reactive ketones (excluding diaryl/α,β-unsaturated/α-hetero) is 1. The van der Waals surface area contributed by atoms with Crippen molar-refractivity contribution in [3.8, 4) is 0 Å². The summed E-state index contributed by atoms with van der Waals surface area (Å²) in [5.74, 6) is -4.72. The van der Waals surface area contributed by atoms with Crippen molar-refractivity contribution in [2.45, 2.75) is 70.6 Å². The maximum Gasteiger partial charge on any atom is 0.302 e. The highest BCUT2D eigenvalue weighted by Gasteiger charge is 2.87. The van der Waals surface area contributed by atoms with E-state index >= 15 is 0 Å². The fourth-order valence-electron chi connectivity index (χ4n) is 8.82. The quantitative estimate of drug-likeness (QED) is 0.549. The van der Waals surface area contributed by atoms with Gasteiger partial charge in [-0.3, -0.25) is 9.59 Å². The smallest absolute Gasteiger partial charge is 0.302 e. The molecule has 4 saturated carbocycles. The van der Waals surface area contributed by atoms with E-state index in [1.165, 1.54) is 14.0 Å². The van der Waals surface area contributed by atoms with E-state index in [0.29, 0.717) is 25.7 Å². The van der Waals surface area contributed by atoms with Crippen LogP contribution in [0.2, 0.25) is 0 Å².